The number of nitrogens with one attached hydrogen (secondary N) is 1. The molecule has 3 rings (SSSR count). The van der Waals surface area contributed by atoms with Crippen LogP contribution in [0.5, 0.6) is 11.5 Å². The lowest BCUT2D eigenvalue weighted by Crippen LogP contribution is -2.40. The summed E-state index contributed by atoms with van der Waals surface area (Å²) in [6.45, 7) is 4.88. The number of rotatable bonds is 8. The summed E-state index contributed by atoms with van der Waals surface area (Å²) >= 11 is 1.45. The molecule has 1 aromatic carbocycles. The summed E-state index contributed by atoms with van der Waals surface area (Å²) < 4.78 is 11.2. The Labute approximate surface area is 156 Å². The summed E-state index contributed by atoms with van der Waals surface area (Å²) in [6, 6.07) is 10.6. The molecule has 0 bridgehead atoms. The minimum absolute atomic E-state index is 0.194. The Morgan fingerprint density at radius 1 is 1.08 bits per heavy atom. The first-order valence-electron chi connectivity index (χ1n) is 8.58. The van der Waals surface area contributed by atoms with Gasteiger partial charge in [0, 0.05) is 4.88 Å². The van der Waals surface area contributed by atoms with Crippen molar-refractivity contribution in [2.45, 2.75) is 25.8 Å². The number of thiophene rings is 1. The van der Waals surface area contributed by atoms with E-state index in [9.17, 15) is 9.59 Å². The molecule has 0 aliphatic carbocycles. The van der Waals surface area contributed by atoms with Gasteiger partial charge in [-0.3, -0.25) is 9.69 Å². The van der Waals surface area contributed by atoms with E-state index in [0.29, 0.717) is 12.4 Å². The third-order valence-corrected chi connectivity index (χ3v) is 5.26. The van der Waals surface area contributed by atoms with Gasteiger partial charge in [0.15, 0.2) is 5.54 Å². The molecule has 0 saturated carbocycles. The number of carbonyl (C=O) groups is 2. The fraction of sp³-hybridized carbons (Fsp3) is 0.368. The van der Waals surface area contributed by atoms with E-state index in [-0.39, 0.29) is 19.1 Å². The predicted molar refractivity (Wildman–Crippen MR) is 99.6 cm³/mol. The van der Waals surface area contributed by atoms with Crippen LogP contribution in [-0.4, -0.2) is 36.6 Å². The van der Waals surface area contributed by atoms with Crippen molar-refractivity contribution in [2.24, 2.45) is 0 Å². The third-order valence-electron chi connectivity index (χ3n) is 4.17. The van der Waals surface area contributed by atoms with Crippen LogP contribution in [0.1, 0.15) is 25.1 Å². The van der Waals surface area contributed by atoms with Crippen molar-refractivity contribution in [3.8, 4) is 11.5 Å². The number of imide groups is 1. The molecule has 26 heavy (non-hydrogen) atoms. The average molecular weight is 374 g/mol. The molecular formula is C19H22N2O4S. The van der Waals surface area contributed by atoms with Gasteiger partial charge >= 0.3 is 6.03 Å². The molecule has 1 aliphatic rings. The van der Waals surface area contributed by atoms with Crippen LogP contribution in [0.25, 0.3) is 0 Å². The highest BCUT2D eigenvalue weighted by atomic mass is 32.1. The van der Waals surface area contributed by atoms with Crippen LogP contribution in [0.3, 0.4) is 0 Å². The van der Waals surface area contributed by atoms with Crippen LogP contribution < -0.4 is 14.8 Å². The van der Waals surface area contributed by atoms with Crippen molar-refractivity contribution < 1.29 is 19.1 Å². The Balaban J connectivity index is 1.55. The van der Waals surface area contributed by atoms with Crippen LogP contribution in [0.2, 0.25) is 0 Å². The lowest BCUT2D eigenvalue weighted by Gasteiger charge is -2.20. The molecule has 138 valence electrons. The monoisotopic (exact) mass is 374 g/mol. The van der Waals surface area contributed by atoms with Crippen LogP contribution in [0, 0.1) is 0 Å². The van der Waals surface area contributed by atoms with E-state index in [2.05, 4.69) is 12.2 Å². The molecule has 7 heteroatoms. The van der Waals surface area contributed by atoms with Gasteiger partial charge in [0.25, 0.3) is 5.91 Å². The maximum Gasteiger partial charge on any atom is 0.325 e. The number of benzene rings is 1. The summed E-state index contributed by atoms with van der Waals surface area (Å²) in [6.07, 6.45) is 0.953. The highest BCUT2D eigenvalue weighted by Crippen LogP contribution is 2.31. The second-order valence-corrected chi connectivity index (χ2v) is 7.11. The van der Waals surface area contributed by atoms with Crippen molar-refractivity contribution >= 4 is 23.3 Å². The van der Waals surface area contributed by atoms with E-state index in [1.54, 1.807) is 6.92 Å². The number of amides is 3. The van der Waals surface area contributed by atoms with Gasteiger partial charge in [0.1, 0.15) is 18.1 Å². The molecule has 0 spiro atoms. The second-order valence-electron chi connectivity index (χ2n) is 6.16. The van der Waals surface area contributed by atoms with Crippen molar-refractivity contribution in [2.75, 3.05) is 19.8 Å². The van der Waals surface area contributed by atoms with Crippen LogP contribution in [0.15, 0.2) is 41.8 Å². The fourth-order valence-electron chi connectivity index (χ4n) is 2.74. The molecule has 1 unspecified atom stereocenters. The first-order valence-corrected chi connectivity index (χ1v) is 9.46. The van der Waals surface area contributed by atoms with E-state index in [0.717, 1.165) is 17.0 Å². The van der Waals surface area contributed by atoms with E-state index in [4.69, 9.17) is 9.47 Å². The van der Waals surface area contributed by atoms with E-state index in [1.807, 2.05) is 41.8 Å². The Morgan fingerprint density at radius 2 is 1.73 bits per heavy atom. The Kier molecular flexibility index (Phi) is 5.46. The van der Waals surface area contributed by atoms with Crippen LogP contribution in [0.4, 0.5) is 4.79 Å². The number of ether oxygens (including phenoxy) is 2. The van der Waals surface area contributed by atoms with Crippen molar-refractivity contribution in [1.82, 2.24) is 10.2 Å². The molecule has 0 radical (unpaired) electrons. The normalized spacial score (nSPS) is 19.5. The minimum Gasteiger partial charge on any atom is -0.494 e. The van der Waals surface area contributed by atoms with Crippen molar-refractivity contribution in [1.29, 1.82) is 0 Å². The average Bonchev–Trinajstić information content (AvgIpc) is 3.25. The summed E-state index contributed by atoms with van der Waals surface area (Å²) in [5.74, 6) is 1.21. The SMILES string of the molecule is CCCOc1ccc(OCCN2C(=O)NC(C)(c3cccs3)C2=O)cc1. The topological polar surface area (TPSA) is 67.9 Å². The minimum atomic E-state index is -0.997. The summed E-state index contributed by atoms with van der Waals surface area (Å²) in [5.41, 5.74) is -0.997. The summed E-state index contributed by atoms with van der Waals surface area (Å²) in [7, 11) is 0. The zero-order valence-electron chi connectivity index (χ0n) is 14.9. The first kappa shape index (κ1) is 18.3. The van der Waals surface area contributed by atoms with Gasteiger partial charge in [0.2, 0.25) is 0 Å². The van der Waals surface area contributed by atoms with E-state index >= 15 is 0 Å². The summed E-state index contributed by atoms with van der Waals surface area (Å²) in [5, 5.41) is 4.67. The first-order chi connectivity index (χ1) is 12.5. The van der Waals surface area contributed by atoms with E-state index < -0.39 is 11.6 Å². The molecule has 3 amide bonds. The van der Waals surface area contributed by atoms with Crippen LogP contribution >= 0.6 is 11.3 Å². The van der Waals surface area contributed by atoms with Gasteiger partial charge < -0.3 is 14.8 Å². The highest BCUT2D eigenvalue weighted by molar-refractivity contribution is 7.10. The lowest BCUT2D eigenvalue weighted by molar-refractivity contribution is -0.131. The maximum absolute atomic E-state index is 12.7. The van der Waals surface area contributed by atoms with Gasteiger partial charge in [-0.25, -0.2) is 4.79 Å². The molecule has 1 saturated heterocycles. The van der Waals surface area contributed by atoms with Crippen LogP contribution in [-0.2, 0) is 10.3 Å². The largest absolute Gasteiger partial charge is 0.494 e. The molecule has 1 fully saturated rings. The zero-order chi connectivity index (χ0) is 18.6. The third kappa shape index (κ3) is 3.67. The predicted octanol–water partition coefficient (Wildman–Crippen LogP) is 3.38. The molecule has 2 heterocycles. The fourth-order valence-corrected chi connectivity index (χ4v) is 3.57. The number of hydrogen-bond acceptors (Lipinski definition) is 5. The standard InChI is InChI=1S/C19H22N2O4S/c1-3-11-24-14-6-8-15(9-7-14)25-12-10-21-17(22)19(2,20-18(21)23)16-5-4-13-26-16/h4-9,13H,3,10-12H2,1-2H3,(H,20,23). The van der Waals surface area contributed by atoms with Gasteiger partial charge in [-0.2, -0.15) is 0 Å². The Morgan fingerprint density at radius 3 is 2.31 bits per heavy atom. The van der Waals surface area contributed by atoms with Gasteiger partial charge in [-0.05, 0) is 49.1 Å². The molecule has 1 atom stereocenters. The van der Waals surface area contributed by atoms with Crippen molar-refractivity contribution in [3.63, 3.8) is 0 Å². The van der Waals surface area contributed by atoms with Gasteiger partial charge in [-0.1, -0.05) is 13.0 Å². The molecular weight excluding hydrogens is 352 g/mol. The quantitative estimate of drug-likeness (QED) is 0.719. The molecule has 1 aliphatic heterocycles. The molecule has 1 aromatic heterocycles. The number of carbonyl (C=O) groups excluding carboxylic acids is 2. The summed E-state index contributed by atoms with van der Waals surface area (Å²) in [4.78, 5) is 26.9. The van der Waals surface area contributed by atoms with Gasteiger partial charge in [-0.15, -0.1) is 11.3 Å². The number of urea groups is 1. The number of hydrogen-bond donors (Lipinski definition) is 1. The Bertz CT molecular complexity index is 760. The zero-order valence-corrected chi connectivity index (χ0v) is 15.7. The Hall–Kier alpha value is -2.54. The number of nitrogens with zero attached hydrogens (tertiary/aromatic N) is 1. The van der Waals surface area contributed by atoms with E-state index in [1.165, 1.54) is 16.2 Å². The highest BCUT2D eigenvalue weighted by Gasteiger charge is 2.49. The maximum atomic E-state index is 12.7. The second kappa shape index (κ2) is 7.78. The smallest absolute Gasteiger partial charge is 0.325 e. The molecule has 6 nitrogen and oxygen atoms in total. The molecule has 1 N–H and O–H groups in total. The molecule has 2 aromatic rings. The lowest BCUT2D eigenvalue weighted by atomic mass is 10.0. The van der Waals surface area contributed by atoms with Gasteiger partial charge in [0.05, 0.1) is 13.2 Å². The van der Waals surface area contributed by atoms with Crippen molar-refractivity contribution in [3.05, 3.63) is 46.7 Å².